The summed E-state index contributed by atoms with van der Waals surface area (Å²) < 4.78 is 0. The third kappa shape index (κ3) is 5.34. The Balaban J connectivity index is 1.85. The van der Waals surface area contributed by atoms with E-state index < -0.39 is 0 Å². The van der Waals surface area contributed by atoms with Crippen LogP contribution in [0.15, 0.2) is 24.3 Å². The van der Waals surface area contributed by atoms with Crippen LogP contribution in [0.1, 0.15) is 26.3 Å². The number of rotatable bonds is 6. The van der Waals surface area contributed by atoms with Crippen molar-refractivity contribution in [3.63, 3.8) is 0 Å². The first-order valence-corrected chi connectivity index (χ1v) is 8.68. The van der Waals surface area contributed by atoms with E-state index in [0.717, 1.165) is 30.5 Å². The summed E-state index contributed by atoms with van der Waals surface area (Å²) in [5.41, 5.74) is 2.01. The van der Waals surface area contributed by atoms with Gasteiger partial charge in [-0.2, -0.15) is 0 Å². The molecule has 24 heavy (non-hydrogen) atoms. The minimum absolute atomic E-state index is 0.0725. The van der Waals surface area contributed by atoms with Crippen molar-refractivity contribution in [2.45, 2.75) is 27.2 Å². The number of carbonyl (C=O) groups excluding carboxylic acids is 2. The number of nitrogens with zero attached hydrogens (tertiary/aromatic N) is 2. The van der Waals surface area contributed by atoms with Crippen LogP contribution in [0.4, 0.5) is 5.69 Å². The zero-order valence-corrected chi connectivity index (χ0v) is 15.2. The number of hydrogen-bond acceptors (Lipinski definition) is 3. The first-order valence-electron chi connectivity index (χ1n) is 8.68. The third-order valence-corrected chi connectivity index (χ3v) is 4.91. The van der Waals surface area contributed by atoms with Crippen LogP contribution in [0.3, 0.4) is 0 Å². The Labute approximate surface area is 145 Å². The highest BCUT2D eigenvalue weighted by Crippen LogP contribution is 2.22. The molecule has 0 saturated carbocycles. The summed E-state index contributed by atoms with van der Waals surface area (Å²) in [6.07, 6.45) is 0.983. The molecule has 2 rings (SSSR count). The van der Waals surface area contributed by atoms with Crippen LogP contribution < -0.4 is 5.32 Å². The number of nitrogens with one attached hydrogen (secondary N) is 1. The SMILES string of the molecule is CC(=O)N(C)CC(=O)Nc1cccc(CCN2C[C@H](C)[C@@H](C)C2)c1. The largest absolute Gasteiger partial charge is 0.337 e. The molecule has 0 spiro atoms. The van der Waals surface area contributed by atoms with E-state index in [-0.39, 0.29) is 18.4 Å². The minimum Gasteiger partial charge on any atom is -0.337 e. The molecular formula is C19H29N3O2. The van der Waals surface area contributed by atoms with E-state index in [1.54, 1.807) is 7.05 Å². The molecule has 132 valence electrons. The summed E-state index contributed by atoms with van der Waals surface area (Å²) in [5.74, 6) is 1.25. The molecule has 1 fully saturated rings. The fourth-order valence-corrected chi connectivity index (χ4v) is 3.05. The summed E-state index contributed by atoms with van der Waals surface area (Å²) >= 11 is 0. The van der Waals surface area contributed by atoms with Gasteiger partial charge in [0, 0.05) is 39.3 Å². The van der Waals surface area contributed by atoms with E-state index in [9.17, 15) is 9.59 Å². The Morgan fingerprint density at radius 2 is 1.92 bits per heavy atom. The van der Waals surface area contributed by atoms with Gasteiger partial charge in [-0.05, 0) is 36.0 Å². The van der Waals surface area contributed by atoms with Crippen LogP contribution in [0.2, 0.25) is 0 Å². The quantitative estimate of drug-likeness (QED) is 0.870. The lowest BCUT2D eigenvalue weighted by Crippen LogP contribution is -2.33. The summed E-state index contributed by atoms with van der Waals surface area (Å²) in [4.78, 5) is 27.1. The highest BCUT2D eigenvalue weighted by molar-refractivity contribution is 5.94. The van der Waals surface area contributed by atoms with Crippen LogP contribution in [0.25, 0.3) is 0 Å². The van der Waals surface area contributed by atoms with Crippen molar-refractivity contribution in [3.8, 4) is 0 Å². The van der Waals surface area contributed by atoms with Crippen molar-refractivity contribution in [2.24, 2.45) is 11.8 Å². The smallest absolute Gasteiger partial charge is 0.243 e. The van der Waals surface area contributed by atoms with E-state index in [1.165, 1.54) is 30.5 Å². The van der Waals surface area contributed by atoms with Gasteiger partial charge in [0.25, 0.3) is 0 Å². The lowest BCUT2D eigenvalue weighted by atomic mass is 10.0. The number of amides is 2. The predicted octanol–water partition coefficient (Wildman–Crippen LogP) is 2.23. The Morgan fingerprint density at radius 1 is 1.25 bits per heavy atom. The first-order chi connectivity index (χ1) is 11.3. The molecule has 5 nitrogen and oxygen atoms in total. The van der Waals surface area contributed by atoms with Crippen molar-refractivity contribution in [3.05, 3.63) is 29.8 Å². The fraction of sp³-hybridized carbons (Fsp3) is 0.579. The topological polar surface area (TPSA) is 52.7 Å². The minimum atomic E-state index is -0.174. The second-order valence-corrected chi connectivity index (χ2v) is 7.09. The Hall–Kier alpha value is -1.88. The van der Waals surface area contributed by atoms with E-state index in [1.807, 2.05) is 18.2 Å². The molecular weight excluding hydrogens is 302 g/mol. The number of hydrogen-bond donors (Lipinski definition) is 1. The molecule has 0 aliphatic carbocycles. The average Bonchev–Trinajstić information content (AvgIpc) is 2.84. The molecule has 1 aromatic rings. The van der Waals surface area contributed by atoms with E-state index in [2.05, 4.69) is 30.1 Å². The van der Waals surface area contributed by atoms with Crippen molar-refractivity contribution >= 4 is 17.5 Å². The third-order valence-electron chi connectivity index (χ3n) is 4.91. The molecule has 0 bridgehead atoms. The molecule has 0 radical (unpaired) electrons. The van der Waals surface area contributed by atoms with E-state index in [4.69, 9.17) is 0 Å². The maximum atomic E-state index is 12.0. The van der Waals surface area contributed by atoms with E-state index in [0.29, 0.717) is 0 Å². The maximum absolute atomic E-state index is 12.0. The lowest BCUT2D eigenvalue weighted by Gasteiger charge is -2.16. The fourth-order valence-electron chi connectivity index (χ4n) is 3.05. The molecule has 5 heteroatoms. The molecule has 2 amide bonds. The number of anilines is 1. The normalized spacial score (nSPS) is 20.8. The molecule has 0 unspecified atom stereocenters. The van der Waals surface area contributed by atoms with Gasteiger partial charge in [0.2, 0.25) is 11.8 Å². The standard InChI is InChI=1S/C19H29N3O2/c1-14-11-22(12-15(14)2)9-8-17-6-5-7-18(10-17)20-19(24)13-21(4)16(3)23/h5-7,10,14-15H,8-9,11-13H2,1-4H3,(H,20,24)/t14-,15-/m0/s1. The monoisotopic (exact) mass is 331 g/mol. The summed E-state index contributed by atoms with van der Waals surface area (Å²) in [6, 6.07) is 7.97. The molecule has 1 heterocycles. The van der Waals surface area contributed by atoms with Gasteiger partial charge in [-0.3, -0.25) is 9.59 Å². The van der Waals surface area contributed by atoms with Crippen LogP contribution >= 0.6 is 0 Å². The maximum Gasteiger partial charge on any atom is 0.243 e. The van der Waals surface area contributed by atoms with Gasteiger partial charge in [-0.25, -0.2) is 0 Å². The van der Waals surface area contributed by atoms with Crippen molar-refractivity contribution in [2.75, 3.05) is 38.5 Å². The second kappa shape index (κ2) is 8.29. The zero-order valence-electron chi connectivity index (χ0n) is 15.2. The van der Waals surface area contributed by atoms with Gasteiger partial charge >= 0.3 is 0 Å². The summed E-state index contributed by atoms with van der Waals surface area (Å²) in [5, 5.41) is 2.86. The van der Waals surface area contributed by atoms with Crippen LogP contribution in [-0.2, 0) is 16.0 Å². The zero-order chi connectivity index (χ0) is 17.7. The number of likely N-dealkylation sites (N-methyl/N-ethyl adjacent to an activating group) is 1. The lowest BCUT2D eigenvalue weighted by molar-refractivity contribution is -0.131. The van der Waals surface area contributed by atoms with Crippen molar-refractivity contribution in [1.29, 1.82) is 0 Å². The van der Waals surface area contributed by atoms with Gasteiger partial charge in [0.05, 0.1) is 6.54 Å². The highest BCUT2D eigenvalue weighted by Gasteiger charge is 2.25. The van der Waals surface area contributed by atoms with Crippen molar-refractivity contribution < 1.29 is 9.59 Å². The van der Waals surface area contributed by atoms with Gasteiger partial charge < -0.3 is 15.1 Å². The first kappa shape index (κ1) is 18.5. The van der Waals surface area contributed by atoms with Gasteiger partial charge in [-0.15, -0.1) is 0 Å². The molecule has 1 aromatic carbocycles. The molecule has 1 aliphatic heterocycles. The Bertz CT molecular complexity index is 578. The van der Waals surface area contributed by atoms with E-state index >= 15 is 0 Å². The summed E-state index contributed by atoms with van der Waals surface area (Å²) in [7, 11) is 1.62. The second-order valence-electron chi connectivity index (χ2n) is 7.09. The number of likely N-dealkylation sites (tertiary alicyclic amines) is 1. The molecule has 1 aliphatic rings. The van der Waals surface area contributed by atoms with Crippen molar-refractivity contribution in [1.82, 2.24) is 9.80 Å². The van der Waals surface area contributed by atoms with Gasteiger partial charge in [0.15, 0.2) is 0 Å². The summed E-state index contributed by atoms with van der Waals surface area (Å²) in [6.45, 7) is 9.57. The number of benzene rings is 1. The molecule has 0 aromatic heterocycles. The molecule has 1 N–H and O–H groups in total. The predicted molar refractivity (Wildman–Crippen MR) is 96.9 cm³/mol. The Kier molecular flexibility index (Phi) is 6.37. The highest BCUT2D eigenvalue weighted by atomic mass is 16.2. The molecule has 2 atom stereocenters. The average molecular weight is 331 g/mol. The van der Waals surface area contributed by atoms with Crippen LogP contribution in [-0.4, -0.2) is 54.8 Å². The number of carbonyl (C=O) groups is 2. The molecule has 1 saturated heterocycles. The van der Waals surface area contributed by atoms with Gasteiger partial charge in [0.1, 0.15) is 0 Å². The van der Waals surface area contributed by atoms with Crippen LogP contribution in [0.5, 0.6) is 0 Å². The van der Waals surface area contributed by atoms with Crippen LogP contribution in [0, 0.1) is 11.8 Å². The van der Waals surface area contributed by atoms with Gasteiger partial charge in [-0.1, -0.05) is 26.0 Å². The Morgan fingerprint density at radius 3 is 2.54 bits per heavy atom.